The average Bonchev–Trinajstić information content (AvgIpc) is 2.53. The van der Waals surface area contributed by atoms with Crippen LogP contribution >= 0.6 is 0 Å². The van der Waals surface area contributed by atoms with E-state index in [0.29, 0.717) is 25.3 Å². The van der Waals surface area contributed by atoms with Crippen LogP contribution in [-0.4, -0.2) is 24.0 Å². The molecule has 4 N–H and O–H groups in total. The zero-order valence-corrected chi connectivity index (χ0v) is 12.8. The maximum atomic E-state index is 11.8. The highest BCUT2D eigenvalue weighted by Gasteiger charge is 2.01. The average molecular weight is 298 g/mol. The third-order valence-corrected chi connectivity index (χ3v) is 3.32. The first-order valence-electron chi connectivity index (χ1n) is 7.41. The van der Waals surface area contributed by atoms with Gasteiger partial charge in [-0.2, -0.15) is 0 Å². The van der Waals surface area contributed by atoms with Gasteiger partial charge in [0, 0.05) is 19.5 Å². The fourth-order valence-electron chi connectivity index (χ4n) is 2.02. The Morgan fingerprint density at radius 2 is 1.91 bits per heavy atom. The molecule has 1 amide bonds. The highest BCUT2D eigenvalue weighted by atomic mass is 16.1. The van der Waals surface area contributed by atoms with Gasteiger partial charge in [0.1, 0.15) is 5.82 Å². The summed E-state index contributed by atoms with van der Waals surface area (Å²) in [5, 5.41) is 6.07. The number of benzene rings is 1. The van der Waals surface area contributed by atoms with E-state index in [1.165, 1.54) is 11.1 Å². The van der Waals surface area contributed by atoms with Gasteiger partial charge in [-0.1, -0.05) is 29.8 Å². The van der Waals surface area contributed by atoms with Crippen molar-refractivity contribution in [3.05, 3.63) is 53.7 Å². The molecular weight excluding hydrogens is 276 g/mol. The number of anilines is 2. The largest absolute Gasteiger partial charge is 0.384 e. The molecule has 116 valence electrons. The molecule has 0 aliphatic heterocycles. The van der Waals surface area contributed by atoms with Gasteiger partial charge >= 0.3 is 0 Å². The lowest BCUT2D eigenvalue weighted by Crippen LogP contribution is -2.28. The molecular formula is C17H22N4O. The van der Waals surface area contributed by atoms with Gasteiger partial charge < -0.3 is 16.4 Å². The van der Waals surface area contributed by atoms with E-state index in [0.717, 1.165) is 12.1 Å². The molecule has 0 aliphatic rings. The predicted molar refractivity (Wildman–Crippen MR) is 89.6 cm³/mol. The zero-order valence-electron chi connectivity index (χ0n) is 12.8. The highest BCUT2D eigenvalue weighted by molar-refractivity contribution is 5.76. The van der Waals surface area contributed by atoms with E-state index in [-0.39, 0.29) is 5.91 Å². The Hall–Kier alpha value is -2.56. The summed E-state index contributed by atoms with van der Waals surface area (Å²) >= 11 is 0. The summed E-state index contributed by atoms with van der Waals surface area (Å²) in [5.41, 5.74) is 8.83. The minimum absolute atomic E-state index is 0.0674. The molecule has 0 aliphatic carbocycles. The molecule has 0 radical (unpaired) electrons. The Morgan fingerprint density at radius 1 is 1.14 bits per heavy atom. The van der Waals surface area contributed by atoms with Crippen LogP contribution in [0.5, 0.6) is 0 Å². The molecule has 22 heavy (non-hydrogen) atoms. The molecule has 1 aromatic carbocycles. The number of nitrogens with zero attached hydrogens (tertiary/aromatic N) is 1. The number of carbonyl (C=O) groups is 1. The quantitative estimate of drug-likeness (QED) is 0.684. The molecule has 2 aromatic rings. The zero-order chi connectivity index (χ0) is 15.8. The van der Waals surface area contributed by atoms with Gasteiger partial charge in [-0.15, -0.1) is 0 Å². The van der Waals surface area contributed by atoms with Crippen LogP contribution in [0.4, 0.5) is 11.5 Å². The third-order valence-electron chi connectivity index (χ3n) is 3.32. The van der Waals surface area contributed by atoms with Crippen LogP contribution < -0.4 is 16.4 Å². The highest BCUT2D eigenvalue weighted by Crippen LogP contribution is 2.06. The van der Waals surface area contributed by atoms with Gasteiger partial charge in [-0.05, 0) is 31.0 Å². The lowest BCUT2D eigenvalue weighted by molar-refractivity contribution is -0.120. The minimum atomic E-state index is 0.0674. The second-order valence-electron chi connectivity index (χ2n) is 5.23. The molecule has 1 aromatic heterocycles. The Morgan fingerprint density at radius 3 is 2.59 bits per heavy atom. The van der Waals surface area contributed by atoms with Gasteiger partial charge in [0.15, 0.2) is 0 Å². The molecule has 0 saturated carbocycles. The summed E-state index contributed by atoms with van der Waals surface area (Å²) in [5.74, 6) is 0.563. The number of rotatable bonds is 7. The number of amides is 1. The van der Waals surface area contributed by atoms with Crippen LogP contribution in [0.1, 0.15) is 17.5 Å². The molecule has 0 saturated heterocycles. The number of aryl methyl sites for hydroxylation is 2. The van der Waals surface area contributed by atoms with E-state index in [9.17, 15) is 4.79 Å². The molecule has 0 fully saturated rings. The van der Waals surface area contributed by atoms with Crippen molar-refractivity contribution in [3.8, 4) is 0 Å². The number of hydrogen-bond donors (Lipinski definition) is 3. The normalized spacial score (nSPS) is 10.2. The first-order valence-corrected chi connectivity index (χ1v) is 7.41. The van der Waals surface area contributed by atoms with Crippen molar-refractivity contribution in [1.29, 1.82) is 0 Å². The number of nitrogens with one attached hydrogen (secondary N) is 2. The fourth-order valence-corrected chi connectivity index (χ4v) is 2.02. The van der Waals surface area contributed by atoms with Crippen LogP contribution in [-0.2, 0) is 11.2 Å². The third kappa shape index (κ3) is 5.44. The summed E-state index contributed by atoms with van der Waals surface area (Å²) < 4.78 is 0. The Kier molecular flexibility index (Phi) is 5.77. The second-order valence-corrected chi connectivity index (χ2v) is 5.23. The van der Waals surface area contributed by atoms with Crippen molar-refractivity contribution in [2.75, 3.05) is 24.1 Å². The minimum Gasteiger partial charge on any atom is -0.384 e. The standard InChI is InChI=1S/C17H22N4O/c1-13-2-4-14(5-3-13)6-9-17(22)20-11-10-19-15-7-8-16(18)21-12-15/h2-5,7-8,12,19H,6,9-11H2,1H3,(H2,18,21)(H,20,22). The Balaban J connectivity index is 1.61. The summed E-state index contributed by atoms with van der Waals surface area (Å²) in [6.07, 6.45) is 2.95. The maximum absolute atomic E-state index is 11.8. The van der Waals surface area contributed by atoms with Gasteiger partial charge in [0.25, 0.3) is 0 Å². The van der Waals surface area contributed by atoms with E-state index in [2.05, 4.69) is 46.8 Å². The van der Waals surface area contributed by atoms with Crippen molar-refractivity contribution in [3.63, 3.8) is 0 Å². The van der Waals surface area contributed by atoms with Crippen LogP contribution in [0.3, 0.4) is 0 Å². The maximum Gasteiger partial charge on any atom is 0.220 e. The monoisotopic (exact) mass is 298 g/mol. The summed E-state index contributed by atoms with van der Waals surface area (Å²) in [4.78, 5) is 15.8. The first kappa shape index (κ1) is 15.8. The molecule has 5 heteroatoms. The summed E-state index contributed by atoms with van der Waals surface area (Å²) in [6.45, 7) is 3.29. The van der Waals surface area contributed by atoms with E-state index in [1.807, 2.05) is 6.07 Å². The van der Waals surface area contributed by atoms with Gasteiger partial charge in [-0.25, -0.2) is 4.98 Å². The fraction of sp³-hybridized carbons (Fsp3) is 0.294. The molecule has 2 rings (SSSR count). The van der Waals surface area contributed by atoms with E-state index >= 15 is 0 Å². The van der Waals surface area contributed by atoms with Crippen LogP contribution in [0.2, 0.25) is 0 Å². The van der Waals surface area contributed by atoms with E-state index < -0.39 is 0 Å². The Bertz CT molecular complexity index is 593. The molecule has 5 nitrogen and oxygen atoms in total. The van der Waals surface area contributed by atoms with Crippen LogP contribution in [0.25, 0.3) is 0 Å². The van der Waals surface area contributed by atoms with Crippen LogP contribution in [0, 0.1) is 6.92 Å². The summed E-state index contributed by atoms with van der Waals surface area (Å²) in [7, 11) is 0. The van der Waals surface area contributed by atoms with Gasteiger partial charge in [0.2, 0.25) is 5.91 Å². The summed E-state index contributed by atoms with van der Waals surface area (Å²) in [6, 6.07) is 11.9. The second kappa shape index (κ2) is 8.02. The van der Waals surface area contributed by atoms with Crippen molar-refractivity contribution >= 4 is 17.4 Å². The number of nitrogens with two attached hydrogens (primary N) is 1. The lowest BCUT2D eigenvalue weighted by atomic mass is 10.1. The SMILES string of the molecule is Cc1ccc(CCC(=O)NCCNc2ccc(N)nc2)cc1. The molecule has 0 unspecified atom stereocenters. The van der Waals surface area contributed by atoms with Gasteiger partial charge in [0.05, 0.1) is 11.9 Å². The van der Waals surface area contributed by atoms with Crippen molar-refractivity contribution < 1.29 is 4.79 Å². The van der Waals surface area contributed by atoms with Crippen molar-refractivity contribution in [1.82, 2.24) is 10.3 Å². The first-order chi connectivity index (χ1) is 10.6. The number of hydrogen-bond acceptors (Lipinski definition) is 4. The number of pyridine rings is 1. The number of nitrogen functional groups attached to an aromatic ring is 1. The predicted octanol–water partition coefficient (Wildman–Crippen LogP) is 2.13. The molecule has 0 spiro atoms. The van der Waals surface area contributed by atoms with E-state index in [4.69, 9.17) is 5.73 Å². The van der Waals surface area contributed by atoms with Gasteiger partial charge in [-0.3, -0.25) is 4.79 Å². The van der Waals surface area contributed by atoms with Crippen molar-refractivity contribution in [2.24, 2.45) is 0 Å². The number of aromatic nitrogens is 1. The molecule has 1 heterocycles. The smallest absolute Gasteiger partial charge is 0.220 e. The Labute approximate surface area is 130 Å². The molecule has 0 bridgehead atoms. The van der Waals surface area contributed by atoms with Crippen LogP contribution in [0.15, 0.2) is 42.6 Å². The topological polar surface area (TPSA) is 80.0 Å². The lowest BCUT2D eigenvalue weighted by Gasteiger charge is -2.08. The van der Waals surface area contributed by atoms with E-state index in [1.54, 1.807) is 12.3 Å². The number of carbonyl (C=O) groups excluding carboxylic acids is 1. The van der Waals surface area contributed by atoms with Crippen molar-refractivity contribution in [2.45, 2.75) is 19.8 Å². The molecule has 0 atom stereocenters.